The van der Waals surface area contributed by atoms with E-state index in [1.165, 1.54) is 12.8 Å². The van der Waals surface area contributed by atoms with Crippen LogP contribution in [0.2, 0.25) is 0 Å². The van der Waals surface area contributed by atoms with E-state index in [9.17, 15) is 0 Å². The number of allylic oxidation sites excluding steroid dienone is 1. The zero-order chi connectivity index (χ0) is 17.6. The van der Waals surface area contributed by atoms with Crippen LogP contribution in [0, 0.1) is 0 Å². The fourth-order valence-corrected chi connectivity index (χ4v) is 3.94. The topological polar surface area (TPSA) is 82.7 Å². The molecule has 0 aromatic carbocycles. The lowest BCUT2D eigenvalue weighted by Crippen LogP contribution is -2.37. The molecule has 1 saturated carbocycles. The van der Waals surface area contributed by atoms with Crippen LogP contribution in [-0.2, 0) is 11.3 Å². The van der Waals surface area contributed by atoms with Gasteiger partial charge in [-0.05, 0) is 55.2 Å². The molecular weight excluding hydrogens is 330 g/mol. The van der Waals surface area contributed by atoms with Gasteiger partial charge in [0.1, 0.15) is 12.1 Å². The zero-order valence-corrected chi connectivity index (χ0v) is 15.1. The third-order valence-electron chi connectivity index (χ3n) is 5.32. The van der Waals surface area contributed by atoms with Crippen LogP contribution < -0.4 is 5.32 Å². The summed E-state index contributed by atoms with van der Waals surface area (Å²) in [7, 11) is 0. The normalized spacial score (nSPS) is 21.8. The maximum Gasteiger partial charge on any atom is 0.172 e. The molecule has 0 bridgehead atoms. The van der Waals surface area contributed by atoms with Gasteiger partial charge in [-0.3, -0.25) is 0 Å². The van der Waals surface area contributed by atoms with Gasteiger partial charge in [-0.25, -0.2) is 9.67 Å². The first-order valence-electron chi connectivity index (χ1n) is 9.69. The average Bonchev–Trinajstić information content (AvgIpc) is 3.44. The lowest BCUT2D eigenvalue weighted by Gasteiger charge is -2.29. The lowest BCUT2D eigenvalue weighted by molar-refractivity contribution is 0.0795. The molecule has 2 atom stereocenters. The van der Waals surface area contributed by atoms with Gasteiger partial charge in [0.2, 0.25) is 0 Å². The molecule has 1 aliphatic heterocycles. The lowest BCUT2D eigenvalue weighted by atomic mass is 10.0. The third kappa shape index (κ3) is 3.95. The summed E-state index contributed by atoms with van der Waals surface area (Å²) in [6, 6.07) is 0.438. The second-order valence-corrected chi connectivity index (χ2v) is 7.13. The Morgan fingerprint density at radius 2 is 2.19 bits per heavy atom. The van der Waals surface area contributed by atoms with Crippen molar-refractivity contribution in [2.75, 3.05) is 6.54 Å². The molecule has 1 fully saturated rings. The predicted octanol–water partition coefficient (Wildman–Crippen LogP) is 2.40. The zero-order valence-electron chi connectivity index (χ0n) is 15.1. The molecule has 0 spiro atoms. The Kier molecular flexibility index (Phi) is 5.59. The van der Waals surface area contributed by atoms with Gasteiger partial charge >= 0.3 is 0 Å². The Labute approximate surface area is 153 Å². The Hall–Kier alpha value is -2.22. The smallest absolute Gasteiger partial charge is 0.172 e. The third-order valence-corrected chi connectivity index (χ3v) is 5.32. The highest BCUT2D eigenvalue weighted by molar-refractivity contribution is 5.01. The molecule has 1 N–H and O–H groups in total. The summed E-state index contributed by atoms with van der Waals surface area (Å²) in [6.07, 6.45) is 17.5. The molecule has 0 amide bonds. The number of ether oxygens (including phenoxy) is 1. The molecule has 3 heterocycles. The fraction of sp³-hybridized carbons (Fsp3) is 0.667. The van der Waals surface area contributed by atoms with Crippen LogP contribution >= 0.6 is 0 Å². The second kappa shape index (κ2) is 8.44. The first-order valence-corrected chi connectivity index (χ1v) is 9.69. The number of imidazole rings is 1. The molecule has 4 rings (SSSR count). The van der Waals surface area contributed by atoms with Crippen molar-refractivity contribution in [3.05, 3.63) is 36.9 Å². The van der Waals surface area contributed by atoms with Crippen LogP contribution in [0.25, 0.3) is 0 Å². The van der Waals surface area contributed by atoms with Gasteiger partial charge in [0.15, 0.2) is 5.82 Å². The first kappa shape index (κ1) is 17.2. The summed E-state index contributed by atoms with van der Waals surface area (Å²) < 4.78 is 10.1. The minimum Gasteiger partial charge on any atom is -0.496 e. The standard InChI is InChI=1S/C18H27N7O/c1-2-7-15(6-1)25-18(21-22-23-25)17(16-8-3-4-13-26-16)20-9-5-11-24-12-10-19-14-24/h4,10,12-17,20H,1-3,5-9,11H2/t16-,17?/m0/s1. The average molecular weight is 357 g/mol. The van der Waals surface area contributed by atoms with E-state index in [0.717, 1.165) is 51.0 Å². The van der Waals surface area contributed by atoms with Crippen LogP contribution in [-0.4, -0.2) is 42.4 Å². The molecule has 2 aliphatic rings. The second-order valence-electron chi connectivity index (χ2n) is 7.13. The van der Waals surface area contributed by atoms with Crippen molar-refractivity contribution in [3.63, 3.8) is 0 Å². The number of nitrogens with zero attached hydrogens (tertiary/aromatic N) is 6. The number of hydrogen-bond acceptors (Lipinski definition) is 6. The van der Waals surface area contributed by atoms with E-state index in [2.05, 4.69) is 36.5 Å². The van der Waals surface area contributed by atoms with Gasteiger partial charge < -0.3 is 14.6 Å². The number of aromatic nitrogens is 6. The van der Waals surface area contributed by atoms with Gasteiger partial charge in [0.05, 0.1) is 18.6 Å². The summed E-state index contributed by atoms with van der Waals surface area (Å²) in [6.45, 7) is 1.82. The Balaban J connectivity index is 1.44. The predicted molar refractivity (Wildman–Crippen MR) is 96.2 cm³/mol. The van der Waals surface area contributed by atoms with Crippen molar-refractivity contribution in [1.82, 2.24) is 35.1 Å². The summed E-state index contributed by atoms with van der Waals surface area (Å²) in [5.41, 5.74) is 0. The van der Waals surface area contributed by atoms with Crippen LogP contribution in [0.15, 0.2) is 31.1 Å². The summed E-state index contributed by atoms with van der Waals surface area (Å²) in [4.78, 5) is 4.09. The number of hydrogen-bond donors (Lipinski definition) is 1. The summed E-state index contributed by atoms with van der Waals surface area (Å²) in [5.74, 6) is 0.917. The molecule has 26 heavy (non-hydrogen) atoms. The molecule has 1 unspecified atom stereocenters. The van der Waals surface area contributed by atoms with E-state index in [4.69, 9.17) is 4.74 Å². The van der Waals surface area contributed by atoms with Crippen molar-refractivity contribution >= 4 is 0 Å². The molecule has 2 aromatic rings. The van der Waals surface area contributed by atoms with E-state index in [1.807, 2.05) is 29.7 Å². The SMILES string of the molecule is C1=CO[C@H](C(NCCCn2ccnc2)c2nnnn2C2CCCC2)CC1. The van der Waals surface area contributed by atoms with Crippen molar-refractivity contribution < 1.29 is 4.74 Å². The largest absolute Gasteiger partial charge is 0.496 e. The molecule has 1 aliphatic carbocycles. The highest BCUT2D eigenvalue weighted by Crippen LogP contribution is 2.32. The summed E-state index contributed by atoms with van der Waals surface area (Å²) in [5, 5.41) is 16.3. The molecule has 0 saturated heterocycles. The van der Waals surface area contributed by atoms with Gasteiger partial charge in [0.25, 0.3) is 0 Å². The van der Waals surface area contributed by atoms with Crippen LogP contribution in [0.4, 0.5) is 0 Å². The number of rotatable bonds is 8. The van der Waals surface area contributed by atoms with Crippen molar-refractivity contribution in [3.8, 4) is 0 Å². The maximum absolute atomic E-state index is 5.92. The first-order chi connectivity index (χ1) is 12.9. The van der Waals surface area contributed by atoms with Gasteiger partial charge in [0, 0.05) is 18.9 Å². The minimum atomic E-state index is 0.0123. The van der Waals surface area contributed by atoms with Gasteiger partial charge in [-0.1, -0.05) is 12.8 Å². The van der Waals surface area contributed by atoms with E-state index < -0.39 is 0 Å². The number of nitrogens with one attached hydrogen (secondary N) is 1. The highest BCUT2D eigenvalue weighted by Gasteiger charge is 2.32. The molecule has 8 heteroatoms. The van der Waals surface area contributed by atoms with Crippen molar-refractivity contribution in [2.45, 2.75) is 69.7 Å². The Bertz CT molecular complexity index is 690. The van der Waals surface area contributed by atoms with Crippen LogP contribution in [0.3, 0.4) is 0 Å². The molecular formula is C18H27N7O. The molecule has 8 nitrogen and oxygen atoms in total. The quantitative estimate of drug-likeness (QED) is 0.731. The monoisotopic (exact) mass is 357 g/mol. The van der Waals surface area contributed by atoms with E-state index in [0.29, 0.717) is 6.04 Å². The Morgan fingerprint density at radius 1 is 1.27 bits per heavy atom. The van der Waals surface area contributed by atoms with Gasteiger partial charge in [-0.15, -0.1) is 5.10 Å². The van der Waals surface area contributed by atoms with E-state index >= 15 is 0 Å². The summed E-state index contributed by atoms with van der Waals surface area (Å²) >= 11 is 0. The van der Waals surface area contributed by atoms with E-state index in [-0.39, 0.29) is 12.1 Å². The van der Waals surface area contributed by atoms with Crippen LogP contribution in [0.1, 0.15) is 62.9 Å². The van der Waals surface area contributed by atoms with Gasteiger partial charge in [-0.2, -0.15) is 0 Å². The van der Waals surface area contributed by atoms with Crippen LogP contribution in [0.5, 0.6) is 0 Å². The highest BCUT2D eigenvalue weighted by atomic mass is 16.5. The fourth-order valence-electron chi connectivity index (χ4n) is 3.94. The number of tetrazole rings is 1. The maximum atomic E-state index is 5.92. The minimum absolute atomic E-state index is 0.0123. The molecule has 140 valence electrons. The number of aryl methyl sites for hydroxylation is 1. The van der Waals surface area contributed by atoms with E-state index in [1.54, 1.807) is 0 Å². The van der Waals surface area contributed by atoms with Crippen molar-refractivity contribution in [2.24, 2.45) is 0 Å². The molecule has 0 radical (unpaired) electrons. The van der Waals surface area contributed by atoms with Crippen molar-refractivity contribution in [1.29, 1.82) is 0 Å². The molecule has 2 aromatic heterocycles. The Morgan fingerprint density at radius 3 is 2.96 bits per heavy atom.